The summed E-state index contributed by atoms with van der Waals surface area (Å²) < 4.78 is 5.63. The molecule has 0 amide bonds. The van der Waals surface area contributed by atoms with Gasteiger partial charge in [-0.25, -0.2) is 0 Å². The fraction of sp³-hybridized carbons (Fsp3) is 1.00. The molecule has 0 fully saturated rings. The Hall–Kier alpha value is 0.530. The van der Waals surface area contributed by atoms with Crippen molar-refractivity contribution in [2.24, 2.45) is 0 Å². The molecular weight excluding hydrogens is 188 g/mol. The first kappa shape index (κ1) is 12.5. The highest BCUT2D eigenvalue weighted by Gasteiger charge is 2.12. The molecule has 12 heavy (non-hydrogen) atoms. The lowest BCUT2D eigenvalue weighted by Gasteiger charge is -2.19. The molecule has 0 N–H and O–H groups in total. The van der Waals surface area contributed by atoms with E-state index in [-0.39, 0.29) is 15.3 Å². The van der Waals surface area contributed by atoms with Crippen LogP contribution in [0, 0.1) is 0 Å². The zero-order chi connectivity index (χ0) is 9.61. The van der Waals surface area contributed by atoms with Gasteiger partial charge in [-0.2, -0.15) is 0 Å². The van der Waals surface area contributed by atoms with Crippen molar-refractivity contribution < 1.29 is 4.18 Å². The van der Waals surface area contributed by atoms with Crippen molar-refractivity contribution in [3.8, 4) is 0 Å². The first-order valence-electron chi connectivity index (χ1n) is 4.53. The molecule has 0 heterocycles. The minimum Gasteiger partial charge on any atom is -0.307 e. The van der Waals surface area contributed by atoms with Crippen molar-refractivity contribution in [1.82, 2.24) is 0 Å². The van der Waals surface area contributed by atoms with Crippen molar-refractivity contribution in [1.29, 1.82) is 0 Å². The molecule has 1 unspecified atom stereocenters. The van der Waals surface area contributed by atoms with Gasteiger partial charge in [0.1, 0.15) is 0 Å². The first-order chi connectivity index (χ1) is 5.45. The molecule has 74 valence electrons. The molecule has 0 aliphatic rings. The summed E-state index contributed by atoms with van der Waals surface area (Å²) in [7, 11) is -0.258. The first-order valence-corrected chi connectivity index (χ1v) is 6.78. The van der Waals surface area contributed by atoms with Crippen molar-refractivity contribution in [3.63, 3.8) is 0 Å². The summed E-state index contributed by atoms with van der Waals surface area (Å²) in [6.45, 7) is 8.36. The summed E-state index contributed by atoms with van der Waals surface area (Å²) in [6.07, 6.45) is 3.73. The number of hydrogen-bond acceptors (Lipinski definition) is 2. The third kappa shape index (κ3) is 8.62. The second-order valence-corrected chi connectivity index (χ2v) is 6.21. The minimum absolute atomic E-state index is 0.0723. The molecule has 0 aromatic rings. The van der Waals surface area contributed by atoms with Gasteiger partial charge in [0, 0.05) is 15.5 Å². The van der Waals surface area contributed by atoms with E-state index in [1.165, 1.54) is 19.3 Å². The Bertz CT molecular complexity index is 138. The lowest BCUT2D eigenvalue weighted by Crippen LogP contribution is -2.21. The Balaban J connectivity index is 3.47. The average Bonchev–Trinajstić information content (AvgIpc) is 1.84. The van der Waals surface area contributed by atoms with Crippen LogP contribution in [0.25, 0.3) is 0 Å². The van der Waals surface area contributed by atoms with E-state index < -0.39 is 0 Å². The zero-order valence-electron chi connectivity index (χ0n) is 8.55. The molecule has 1 atom stereocenters. The fourth-order valence-electron chi connectivity index (χ4n) is 0.790. The van der Waals surface area contributed by atoms with Crippen LogP contribution in [0.1, 0.15) is 47.0 Å². The molecule has 0 aliphatic carbocycles. The topological polar surface area (TPSA) is 9.23 Å². The van der Waals surface area contributed by atoms with E-state index in [2.05, 4.69) is 27.7 Å². The van der Waals surface area contributed by atoms with Gasteiger partial charge in [0.15, 0.2) is 0 Å². The highest BCUT2D eigenvalue weighted by Crippen LogP contribution is 2.10. The maximum Gasteiger partial charge on any atom is 0.0748 e. The summed E-state index contributed by atoms with van der Waals surface area (Å²) in [5.41, 5.74) is -0.0723. The van der Waals surface area contributed by atoms with E-state index >= 15 is 0 Å². The van der Waals surface area contributed by atoms with Gasteiger partial charge >= 0.3 is 0 Å². The van der Waals surface area contributed by atoms with Gasteiger partial charge in [0.05, 0.1) is 5.60 Å². The normalized spacial score (nSPS) is 14.7. The summed E-state index contributed by atoms with van der Waals surface area (Å²) in [5, 5.41) is 0. The zero-order valence-corrected chi connectivity index (χ0v) is 10.2. The minimum atomic E-state index is -0.258. The Kier molecular flexibility index (Phi) is 6.32. The molecule has 0 saturated heterocycles. The number of rotatable bonds is 5. The second kappa shape index (κ2) is 6.06. The van der Waals surface area contributed by atoms with Crippen LogP contribution in [-0.4, -0.2) is 11.4 Å². The molecule has 0 aliphatic heterocycles. The molecule has 0 radical (unpaired) electrons. The van der Waals surface area contributed by atoms with E-state index in [0.29, 0.717) is 0 Å². The summed E-state index contributed by atoms with van der Waals surface area (Å²) in [5.74, 6) is 1.04. The lowest BCUT2D eigenvalue weighted by atomic mass is 10.2. The Labute approximate surface area is 83.7 Å². The van der Waals surface area contributed by atoms with Crippen LogP contribution in [0.4, 0.5) is 0 Å². The Morgan fingerprint density at radius 3 is 2.25 bits per heavy atom. The van der Waals surface area contributed by atoms with Crippen LogP contribution < -0.4 is 0 Å². The predicted molar refractivity (Wildman–Crippen MR) is 60.0 cm³/mol. The SMILES string of the molecule is CCCCCS(=S)OC(C)(C)C. The molecule has 0 spiro atoms. The Morgan fingerprint density at radius 2 is 1.83 bits per heavy atom. The van der Waals surface area contributed by atoms with Gasteiger partial charge < -0.3 is 4.18 Å². The van der Waals surface area contributed by atoms with Crippen molar-refractivity contribution in [2.75, 3.05) is 5.75 Å². The van der Waals surface area contributed by atoms with Crippen LogP contribution in [-0.2, 0) is 25.1 Å². The molecule has 3 heteroatoms. The van der Waals surface area contributed by atoms with Gasteiger partial charge in [-0.05, 0) is 38.4 Å². The van der Waals surface area contributed by atoms with E-state index in [4.69, 9.17) is 15.4 Å². The molecule has 1 nitrogen and oxygen atoms in total. The quantitative estimate of drug-likeness (QED) is 0.642. The number of unbranched alkanes of at least 4 members (excludes halogenated alkanes) is 2. The van der Waals surface area contributed by atoms with Gasteiger partial charge in [0.2, 0.25) is 0 Å². The van der Waals surface area contributed by atoms with Crippen molar-refractivity contribution >= 4 is 20.9 Å². The maximum atomic E-state index is 5.63. The van der Waals surface area contributed by atoms with E-state index in [1.807, 2.05) is 0 Å². The third-order valence-electron chi connectivity index (χ3n) is 1.26. The summed E-state index contributed by atoms with van der Waals surface area (Å²) in [6, 6.07) is 0. The largest absolute Gasteiger partial charge is 0.307 e. The number of hydrogen-bond donors (Lipinski definition) is 0. The molecule has 0 bridgehead atoms. The molecule has 0 rings (SSSR count). The van der Waals surface area contributed by atoms with E-state index in [0.717, 1.165) is 5.75 Å². The van der Waals surface area contributed by atoms with E-state index in [1.54, 1.807) is 0 Å². The van der Waals surface area contributed by atoms with Gasteiger partial charge in [-0.1, -0.05) is 19.8 Å². The lowest BCUT2D eigenvalue weighted by molar-refractivity contribution is 0.161. The standard InChI is InChI=1S/C9H20OS2/c1-5-6-7-8-12(11)10-9(2,3)4/h5-8H2,1-4H3. The monoisotopic (exact) mass is 208 g/mol. The third-order valence-corrected chi connectivity index (χ3v) is 3.27. The molecule has 0 aromatic carbocycles. The second-order valence-electron chi connectivity index (χ2n) is 3.91. The molecule has 0 aromatic heterocycles. The highest BCUT2D eigenvalue weighted by atomic mass is 32.8. The van der Waals surface area contributed by atoms with Crippen LogP contribution in [0.5, 0.6) is 0 Å². The van der Waals surface area contributed by atoms with Gasteiger partial charge in [0.25, 0.3) is 0 Å². The maximum absolute atomic E-state index is 5.63. The van der Waals surface area contributed by atoms with Crippen LogP contribution in [0.2, 0.25) is 0 Å². The average molecular weight is 208 g/mol. The van der Waals surface area contributed by atoms with Crippen molar-refractivity contribution in [2.45, 2.75) is 52.6 Å². The van der Waals surface area contributed by atoms with Crippen LogP contribution >= 0.6 is 0 Å². The van der Waals surface area contributed by atoms with Crippen LogP contribution in [0.3, 0.4) is 0 Å². The summed E-state index contributed by atoms with van der Waals surface area (Å²) >= 11 is 5.20. The van der Waals surface area contributed by atoms with E-state index in [9.17, 15) is 0 Å². The fourth-order valence-corrected chi connectivity index (χ4v) is 2.84. The van der Waals surface area contributed by atoms with Crippen molar-refractivity contribution in [3.05, 3.63) is 0 Å². The molecular formula is C9H20OS2. The van der Waals surface area contributed by atoms with Gasteiger partial charge in [-0.15, -0.1) is 0 Å². The summed E-state index contributed by atoms with van der Waals surface area (Å²) in [4.78, 5) is 0. The van der Waals surface area contributed by atoms with Gasteiger partial charge in [-0.3, -0.25) is 0 Å². The smallest absolute Gasteiger partial charge is 0.0748 e. The Morgan fingerprint density at radius 1 is 1.25 bits per heavy atom. The molecule has 0 saturated carbocycles. The van der Waals surface area contributed by atoms with Crippen LogP contribution in [0.15, 0.2) is 0 Å². The highest BCUT2D eigenvalue weighted by molar-refractivity contribution is 8.26. The predicted octanol–water partition coefficient (Wildman–Crippen LogP) is 2.99.